The number of carbonyl (C=O) groups excluding carboxylic acids is 2. The van der Waals surface area contributed by atoms with E-state index in [0.29, 0.717) is 39.4 Å². The molecule has 1 aromatic carbocycles. The molecule has 0 bridgehead atoms. The zero-order chi connectivity index (χ0) is 22.9. The number of esters is 1. The van der Waals surface area contributed by atoms with Crippen molar-refractivity contribution >= 4 is 21.9 Å². The summed E-state index contributed by atoms with van der Waals surface area (Å²) in [4.78, 5) is 30.2. The van der Waals surface area contributed by atoms with E-state index < -0.39 is 16.0 Å². The molecular formula is C22H29N3O5S. The molecule has 1 amide bonds. The van der Waals surface area contributed by atoms with Gasteiger partial charge in [-0.2, -0.15) is 4.31 Å². The molecule has 1 N–H and O–H groups in total. The Hall–Kier alpha value is -2.65. The summed E-state index contributed by atoms with van der Waals surface area (Å²) in [6, 6.07) is 5.38. The molecule has 0 unspecified atom stereocenters. The number of rotatable bonds is 5. The van der Waals surface area contributed by atoms with Crippen LogP contribution in [-0.2, 0) is 21.2 Å². The SMILES string of the molecule is CCc1[nH]c(C(=O)N2CCN(S(=O)(=O)c3cc(C)ccc3C)CC2)c(C)c1C(=O)OC. The summed E-state index contributed by atoms with van der Waals surface area (Å²) in [6.07, 6.45) is 0.556. The van der Waals surface area contributed by atoms with Gasteiger partial charge in [0.1, 0.15) is 5.69 Å². The molecule has 2 heterocycles. The summed E-state index contributed by atoms with van der Waals surface area (Å²) in [5.74, 6) is -0.722. The molecule has 3 rings (SSSR count). The largest absolute Gasteiger partial charge is 0.465 e. The Kier molecular flexibility index (Phi) is 6.56. The van der Waals surface area contributed by atoms with Crippen molar-refractivity contribution in [3.05, 3.63) is 51.8 Å². The molecule has 31 heavy (non-hydrogen) atoms. The number of piperazine rings is 1. The fourth-order valence-corrected chi connectivity index (χ4v) is 5.66. The van der Waals surface area contributed by atoms with Crippen molar-refractivity contribution in [2.24, 2.45) is 0 Å². The maximum Gasteiger partial charge on any atom is 0.339 e. The van der Waals surface area contributed by atoms with Gasteiger partial charge in [-0.25, -0.2) is 13.2 Å². The molecule has 1 saturated heterocycles. The van der Waals surface area contributed by atoms with Crippen molar-refractivity contribution in [3.63, 3.8) is 0 Å². The second-order valence-electron chi connectivity index (χ2n) is 7.79. The highest BCUT2D eigenvalue weighted by Crippen LogP contribution is 2.25. The normalized spacial score (nSPS) is 15.2. The van der Waals surface area contributed by atoms with Crippen LogP contribution < -0.4 is 0 Å². The average Bonchev–Trinajstić information content (AvgIpc) is 3.10. The maximum absolute atomic E-state index is 13.1. The van der Waals surface area contributed by atoms with Crippen LogP contribution in [0.1, 0.15) is 50.2 Å². The van der Waals surface area contributed by atoms with E-state index in [0.717, 1.165) is 5.56 Å². The van der Waals surface area contributed by atoms with E-state index in [1.54, 1.807) is 30.9 Å². The molecular weight excluding hydrogens is 418 g/mol. The first kappa shape index (κ1) is 23.0. The average molecular weight is 448 g/mol. The van der Waals surface area contributed by atoms with Gasteiger partial charge < -0.3 is 14.6 Å². The summed E-state index contributed by atoms with van der Waals surface area (Å²) < 4.78 is 32.5. The van der Waals surface area contributed by atoms with Crippen molar-refractivity contribution in [2.75, 3.05) is 33.3 Å². The van der Waals surface area contributed by atoms with E-state index in [1.165, 1.54) is 11.4 Å². The van der Waals surface area contributed by atoms with Crippen molar-refractivity contribution in [1.82, 2.24) is 14.2 Å². The van der Waals surface area contributed by atoms with Crippen molar-refractivity contribution < 1.29 is 22.7 Å². The van der Waals surface area contributed by atoms with Crippen LogP contribution in [0.4, 0.5) is 0 Å². The number of nitrogens with zero attached hydrogens (tertiary/aromatic N) is 2. The Balaban J connectivity index is 1.78. The number of hydrogen-bond acceptors (Lipinski definition) is 5. The number of carbonyl (C=O) groups is 2. The number of amides is 1. The Morgan fingerprint density at radius 1 is 1.10 bits per heavy atom. The molecule has 9 heteroatoms. The highest BCUT2D eigenvalue weighted by molar-refractivity contribution is 7.89. The van der Waals surface area contributed by atoms with Crippen LogP contribution in [0.5, 0.6) is 0 Å². The lowest BCUT2D eigenvalue weighted by Crippen LogP contribution is -2.50. The number of methoxy groups -OCH3 is 1. The predicted octanol–water partition coefficient (Wildman–Crippen LogP) is 2.44. The maximum atomic E-state index is 13.1. The van der Waals surface area contributed by atoms with Crippen LogP contribution in [0.3, 0.4) is 0 Å². The number of hydrogen-bond donors (Lipinski definition) is 1. The quantitative estimate of drug-likeness (QED) is 0.710. The molecule has 8 nitrogen and oxygen atoms in total. The third-order valence-electron chi connectivity index (χ3n) is 5.77. The fourth-order valence-electron chi connectivity index (χ4n) is 3.93. The lowest BCUT2D eigenvalue weighted by Gasteiger charge is -2.34. The number of ether oxygens (including phenoxy) is 1. The van der Waals surface area contributed by atoms with Crippen LogP contribution >= 0.6 is 0 Å². The number of aromatic nitrogens is 1. The lowest BCUT2D eigenvalue weighted by atomic mass is 10.1. The zero-order valence-electron chi connectivity index (χ0n) is 18.6. The lowest BCUT2D eigenvalue weighted by molar-refractivity contribution is 0.0599. The fraction of sp³-hybridized carbons (Fsp3) is 0.455. The minimum atomic E-state index is -3.63. The molecule has 0 atom stereocenters. The van der Waals surface area contributed by atoms with Gasteiger partial charge in [0.05, 0.1) is 17.6 Å². The first-order chi connectivity index (χ1) is 14.6. The van der Waals surface area contributed by atoms with Crippen molar-refractivity contribution in [3.8, 4) is 0 Å². The molecule has 0 spiro atoms. The Bertz CT molecular complexity index is 1110. The molecule has 0 aliphatic carbocycles. The minimum Gasteiger partial charge on any atom is -0.465 e. The highest BCUT2D eigenvalue weighted by atomic mass is 32.2. The topological polar surface area (TPSA) is 99.8 Å². The van der Waals surface area contributed by atoms with Gasteiger partial charge in [0.15, 0.2) is 0 Å². The highest BCUT2D eigenvalue weighted by Gasteiger charge is 2.33. The van der Waals surface area contributed by atoms with Gasteiger partial charge in [-0.3, -0.25) is 4.79 Å². The second-order valence-corrected chi connectivity index (χ2v) is 9.70. The number of benzene rings is 1. The third kappa shape index (κ3) is 4.24. The van der Waals surface area contributed by atoms with Gasteiger partial charge in [0.25, 0.3) is 5.91 Å². The van der Waals surface area contributed by atoms with Crippen LogP contribution in [-0.4, -0.2) is 67.8 Å². The number of H-pyrrole nitrogens is 1. The van der Waals surface area contributed by atoms with Gasteiger partial charge >= 0.3 is 5.97 Å². The van der Waals surface area contributed by atoms with E-state index in [-0.39, 0.29) is 32.1 Å². The van der Waals surface area contributed by atoms with Gasteiger partial charge in [0, 0.05) is 31.9 Å². The Labute approximate surface area is 183 Å². The van der Waals surface area contributed by atoms with E-state index in [2.05, 4.69) is 4.98 Å². The van der Waals surface area contributed by atoms with E-state index in [9.17, 15) is 18.0 Å². The first-order valence-electron chi connectivity index (χ1n) is 10.3. The van der Waals surface area contributed by atoms with Gasteiger partial charge in [0.2, 0.25) is 10.0 Å². The summed E-state index contributed by atoms with van der Waals surface area (Å²) in [6.45, 7) is 8.23. The number of aryl methyl sites for hydroxylation is 3. The predicted molar refractivity (Wildman–Crippen MR) is 117 cm³/mol. The minimum absolute atomic E-state index is 0.214. The van der Waals surface area contributed by atoms with E-state index >= 15 is 0 Å². The number of sulfonamides is 1. The van der Waals surface area contributed by atoms with Crippen LogP contribution in [0.25, 0.3) is 0 Å². The third-order valence-corrected chi connectivity index (χ3v) is 7.81. The van der Waals surface area contributed by atoms with Crippen LogP contribution in [0.15, 0.2) is 23.1 Å². The smallest absolute Gasteiger partial charge is 0.339 e. The Morgan fingerprint density at radius 3 is 2.32 bits per heavy atom. The molecule has 1 aromatic heterocycles. The Morgan fingerprint density at radius 2 is 1.74 bits per heavy atom. The molecule has 0 saturated carbocycles. The standard InChI is InChI=1S/C22H29N3O5S/c1-6-17-19(22(27)30-5)16(4)20(23-17)21(26)24-9-11-25(12-10-24)31(28,29)18-13-14(2)7-8-15(18)3/h7-8,13,23H,6,9-12H2,1-5H3. The summed E-state index contributed by atoms with van der Waals surface area (Å²) in [5, 5.41) is 0. The van der Waals surface area contributed by atoms with E-state index in [1.807, 2.05) is 19.9 Å². The van der Waals surface area contributed by atoms with E-state index in [4.69, 9.17) is 4.74 Å². The second kappa shape index (κ2) is 8.84. The van der Waals surface area contributed by atoms with Crippen LogP contribution in [0.2, 0.25) is 0 Å². The monoisotopic (exact) mass is 447 g/mol. The van der Waals surface area contributed by atoms with Gasteiger partial charge in [-0.05, 0) is 49.9 Å². The van der Waals surface area contributed by atoms with Gasteiger partial charge in [-0.15, -0.1) is 0 Å². The number of aromatic amines is 1. The molecule has 1 aliphatic heterocycles. The molecule has 1 aliphatic rings. The first-order valence-corrected chi connectivity index (χ1v) is 11.7. The van der Waals surface area contributed by atoms with Crippen LogP contribution in [0, 0.1) is 20.8 Å². The molecule has 168 valence electrons. The summed E-state index contributed by atoms with van der Waals surface area (Å²) in [5.41, 5.74) is 3.54. The summed E-state index contributed by atoms with van der Waals surface area (Å²) >= 11 is 0. The van der Waals surface area contributed by atoms with Crippen molar-refractivity contribution in [1.29, 1.82) is 0 Å². The zero-order valence-corrected chi connectivity index (χ0v) is 19.4. The molecule has 1 fully saturated rings. The molecule has 2 aromatic rings. The number of nitrogens with one attached hydrogen (secondary N) is 1. The molecule has 0 radical (unpaired) electrons. The van der Waals surface area contributed by atoms with Gasteiger partial charge in [-0.1, -0.05) is 19.1 Å². The van der Waals surface area contributed by atoms with Crippen molar-refractivity contribution in [2.45, 2.75) is 39.0 Å². The summed E-state index contributed by atoms with van der Waals surface area (Å²) in [7, 11) is -2.32.